The Balaban J connectivity index is 1.40. The van der Waals surface area contributed by atoms with Gasteiger partial charge in [0.05, 0.1) is 34.1 Å². The summed E-state index contributed by atoms with van der Waals surface area (Å²) < 4.78 is 5.22. The summed E-state index contributed by atoms with van der Waals surface area (Å²) in [4.78, 5) is 17.8. The summed E-state index contributed by atoms with van der Waals surface area (Å²) in [5.41, 5.74) is 3.27. The highest BCUT2D eigenvalue weighted by Crippen LogP contribution is 2.35. The lowest BCUT2D eigenvalue weighted by Crippen LogP contribution is -2.14. The molecular formula is C23H19ClN4O2S2. The second-order valence-corrected chi connectivity index (χ2v) is 9.14. The number of hydrogen-bond acceptors (Lipinski definition) is 7. The van der Waals surface area contributed by atoms with E-state index in [1.165, 1.54) is 11.8 Å². The van der Waals surface area contributed by atoms with Crippen molar-refractivity contribution in [2.45, 2.75) is 11.9 Å². The minimum Gasteiger partial charge on any atom is -0.497 e. The molecule has 0 fully saturated rings. The molecular weight excluding hydrogens is 464 g/mol. The second kappa shape index (κ2) is 10.1. The number of nitrogens with one attached hydrogen (secondary N) is 1. The number of aromatic nitrogens is 3. The molecule has 2 aromatic carbocycles. The maximum atomic E-state index is 12.2. The molecule has 0 saturated heterocycles. The Morgan fingerprint density at radius 1 is 1.09 bits per heavy atom. The van der Waals surface area contributed by atoms with E-state index in [1.54, 1.807) is 30.6 Å². The van der Waals surface area contributed by atoms with Gasteiger partial charge in [-0.25, -0.2) is 4.98 Å². The van der Waals surface area contributed by atoms with E-state index >= 15 is 0 Å². The maximum Gasteiger partial charge on any atom is 0.234 e. The highest BCUT2D eigenvalue weighted by Gasteiger charge is 2.14. The van der Waals surface area contributed by atoms with Gasteiger partial charge in [0.25, 0.3) is 0 Å². The predicted octanol–water partition coefficient (Wildman–Crippen LogP) is 5.97. The molecule has 2 heterocycles. The number of nitrogens with zero attached hydrogens (tertiary/aromatic N) is 3. The minimum absolute atomic E-state index is 0.156. The van der Waals surface area contributed by atoms with E-state index < -0.39 is 0 Å². The van der Waals surface area contributed by atoms with Crippen LogP contribution in [0.25, 0.3) is 21.1 Å². The first-order chi connectivity index (χ1) is 15.5. The lowest BCUT2D eigenvalue weighted by Gasteiger charge is -2.06. The fourth-order valence-electron chi connectivity index (χ4n) is 2.90. The number of carbonyl (C=O) groups excluding carboxylic acids is 1. The van der Waals surface area contributed by atoms with Crippen molar-refractivity contribution in [3.05, 3.63) is 71.4 Å². The van der Waals surface area contributed by atoms with Gasteiger partial charge in [-0.2, -0.15) is 0 Å². The second-order valence-electron chi connectivity index (χ2n) is 6.74. The zero-order valence-corrected chi connectivity index (χ0v) is 19.7. The number of para-hydroxylation sites is 1. The van der Waals surface area contributed by atoms with Crippen LogP contribution >= 0.6 is 34.7 Å². The average molecular weight is 483 g/mol. The number of anilines is 1. The molecule has 9 heteroatoms. The predicted molar refractivity (Wildman–Crippen MR) is 131 cm³/mol. The molecule has 4 rings (SSSR count). The van der Waals surface area contributed by atoms with Crippen molar-refractivity contribution in [1.29, 1.82) is 0 Å². The summed E-state index contributed by atoms with van der Waals surface area (Å²) in [5.74, 6) is 0.860. The van der Waals surface area contributed by atoms with Crippen LogP contribution in [0, 0.1) is 6.92 Å². The Bertz CT molecular complexity index is 1230. The van der Waals surface area contributed by atoms with Crippen LogP contribution in [-0.4, -0.2) is 34.0 Å². The van der Waals surface area contributed by atoms with Crippen LogP contribution in [0.4, 0.5) is 5.69 Å². The fraction of sp³-hybridized carbons (Fsp3) is 0.130. The normalized spacial score (nSPS) is 10.7. The van der Waals surface area contributed by atoms with Crippen molar-refractivity contribution in [3.63, 3.8) is 0 Å². The van der Waals surface area contributed by atoms with Gasteiger partial charge in [0.15, 0.2) is 0 Å². The van der Waals surface area contributed by atoms with Gasteiger partial charge >= 0.3 is 0 Å². The molecule has 0 aliphatic rings. The molecule has 162 valence electrons. The quantitative estimate of drug-likeness (QED) is 0.327. The first-order valence-corrected chi connectivity index (χ1v) is 11.8. The first-order valence-electron chi connectivity index (χ1n) is 9.66. The van der Waals surface area contributed by atoms with E-state index in [-0.39, 0.29) is 11.7 Å². The molecule has 0 spiro atoms. The summed E-state index contributed by atoms with van der Waals surface area (Å²) in [5, 5.41) is 13.5. The number of thioether (sulfide) groups is 1. The zero-order chi connectivity index (χ0) is 22.5. The Kier molecular flexibility index (Phi) is 7.04. The number of benzene rings is 2. The highest BCUT2D eigenvalue weighted by atomic mass is 35.5. The summed E-state index contributed by atoms with van der Waals surface area (Å²) in [7, 11) is 1.65. The molecule has 4 aromatic rings. The number of methoxy groups -OCH3 is 1. The lowest BCUT2D eigenvalue weighted by molar-refractivity contribution is -0.113. The van der Waals surface area contributed by atoms with E-state index in [4.69, 9.17) is 16.3 Å². The van der Waals surface area contributed by atoms with Gasteiger partial charge in [-0.05, 0) is 55.5 Å². The summed E-state index contributed by atoms with van der Waals surface area (Å²) >= 11 is 8.96. The summed E-state index contributed by atoms with van der Waals surface area (Å²) in [6.45, 7) is 1.96. The number of rotatable bonds is 7. The lowest BCUT2D eigenvalue weighted by atomic mass is 10.2. The van der Waals surface area contributed by atoms with E-state index in [0.29, 0.717) is 15.7 Å². The van der Waals surface area contributed by atoms with Crippen LogP contribution in [-0.2, 0) is 4.79 Å². The van der Waals surface area contributed by atoms with Crippen molar-refractivity contribution >= 4 is 46.3 Å². The van der Waals surface area contributed by atoms with Crippen LogP contribution in [0.1, 0.15) is 5.69 Å². The van der Waals surface area contributed by atoms with Gasteiger partial charge < -0.3 is 10.1 Å². The Hall–Kier alpha value is -2.94. The molecule has 0 bridgehead atoms. The number of hydrogen-bond donors (Lipinski definition) is 1. The monoisotopic (exact) mass is 482 g/mol. The molecule has 32 heavy (non-hydrogen) atoms. The SMILES string of the molecule is COc1ccc(-c2nc(C)c(-c3ccc(SCC(=O)Nc4ccccc4Cl)nn3)s2)cc1. The highest BCUT2D eigenvalue weighted by molar-refractivity contribution is 7.99. The Morgan fingerprint density at radius 2 is 1.88 bits per heavy atom. The number of halogens is 1. The molecule has 0 radical (unpaired) electrons. The standard InChI is InChI=1S/C23H19ClN4O2S2/c1-14-22(32-23(25-14)15-7-9-16(30-2)10-8-15)19-11-12-21(28-27-19)31-13-20(29)26-18-6-4-3-5-17(18)24/h3-12H,13H2,1-2H3,(H,26,29). The van der Waals surface area contributed by atoms with Crippen molar-refractivity contribution in [3.8, 4) is 26.9 Å². The zero-order valence-electron chi connectivity index (χ0n) is 17.3. The molecule has 0 unspecified atom stereocenters. The smallest absolute Gasteiger partial charge is 0.234 e. The number of aryl methyl sites for hydroxylation is 1. The van der Waals surface area contributed by atoms with E-state index in [0.717, 1.165) is 32.6 Å². The van der Waals surface area contributed by atoms with Gasteiger partial charge in [-0.15, -0.1) is 21.5 Å². The number of amides is 1. The first kappa shape index (κ1) is 22.3. The fourth-order valence-corrected chi connectivity index (χ4v) is 4.73. The average Bonchev–Trinajstić information content (AvgIpc) is 3.21. The number of carbonyl (C=O) groups is 1. The van der Waals surface area contributed by atoms with Gasteiger partial charge in [0.1, 0.15) is 21.5 Å². The molecule has 1 amide bonds. The molecule has 2 aromatic heterocycles. The van der Waals surface area contributed by atoms with Gasteiger partial charge in [-0.3, -0.25) is 4.79 Å². The van der Waals surface area contributed by atoms with Crippen LogP contribution in [0.3, 0.4) is 0 Å². The molecule has 6 nitrogen and oxygen atoms in total. The third-order valence-corrected chi connectivity index (χ3v) is 6.98. The molecule has 1 N–H and O–H groups in total. The molecule has 0 aliphatic heterocycles. The van der Waals surface area contributed by atoms with Crippen LogP contribution < -0.4 is 10.1 Å². The molecule has 0 saturated carbocycles. The van der Waals surface area contributed by atoms with E-state index in [9.17, 15) is 4.79 Å². The van der Waals surface area contributed by atoms with Crippen LogP contribution in [0.15, 0.2) is 65.7 Å². The summed E-state index contributed by atoms with van der Waals surface area (Å²) in [6.07, 6.45) is 0. The topological polar surface area (TPSA) is 77.0 Å². The van der Waals surface area contributed by atoms with Gasteiger partial charge in [0.2, 0.25) is 5.91 Å². The summed E-state index contributed by atoms with van der Waals surface area (Å²) in [6, 6.07) is 18.7. The third kappa shape index (κ3) is 5.27. The van der Waals surface area contributed by atoms with Gasteiger partial charge in [0, 0.05) is 5.56 Å². The number of thiazole rings is 1. The van der Waals surface area contributed by atoms with Gasteiger partial charge in [-0.1, -0.05) is 35.5 Å². The maximum absolute atomic E-state index is 12.2. The van der Waals surface area contributed by atoms with E-state index in [2.05, 4.69) is 20.5 Å². The number of ether oxygens (including phenoxy) is 1. The Labute approximate surface area is 199 Å². The van der Waals surface area contributed by atoms with E-state index in [1.807, 2.05) is 55.5 Å². The van der Waals surface area contributed by atoms with Crippen molar-refractivity contribution in [2.75, 3.05) is 18.2 Å². The van der Waals surface area contributed by atoms with Crippen molar-refractivity contribution in [1.82, 2.24) is 15.2 Å². The van der Waals surface area contributed by atoms with Crippen LogP contribution in [0.5, 0.6) is 5.75 Å². The molecule has 0 aliphatic carbocycles. The van der Waals surface area contributed by atoms with Crippen molar-refractivity contribution in [2.24, 2.45) is 0 Å². The largest absolute Gasteiger partial charge is 0.497 e. The Morgan fingerprint density at radius 3 is 2.56 bits per heavy atom. The molecule has 0 atom stereocenters. The third-order valence-electron chi connectivity index (χ3n) is 4.51. The minimum atomic E-state index is -0.156. The van der Waals surface area contributed by atoms with Crippen LogP contribution in [0.2, 0.25) is 5.02 Å². The van der Waals surface area contributed by atoms with Crippen molar-refractivity contribution < 1.29 is 9.53 Å².